The van der Waals surface area contributed by atoms with E-state index in [0.29, 0.717) is 17.9 Å². The molecule has 1 saturated heterocycles. The van der Waals surface area contributed by atoms with Gasteiger partial charge in [0.05, 0.1) is 24.0 Å². The molecule has 1 aliphatic heterocycles. The normalized spacial score (nSPS) is 19.9. The van der Waals surface area contributed by atoms with Gasteiger partial charge in [0.25, 0.3) is 0 Å². The molecule has 1 N–H and O–H groups in total. The molecule has 2 aromatic rings. The summed E-state index contributed by atoms with van der Waals surface area (Å²) in [6, 6.07) is 11.3. The van der Waals surface area contributed by atoms with Crippen molar-refractivity contribution in [2.24, 2.45) is 5.92 Å². The summed E-state index contributed by atoms with van der Waals surface area (Å²) < 4.78 is 28.0. The van der Waals surface area contributed by atoms with Gasteiger partial charge in [-0.05, 0) is 6.42 Å². The Morgan fingerprint density at radius 1 is 1.32 bits per heavy atom. The van der Waals surface area contributed by atoms with Gasteiger partial charge in [-0.2, -0.15) is 0 Å². The van der Waals surface area contributed by atoms with Crippen LogP contribution >= 0.6 is 0 Å². The fourth-order valence-corrected chi connectivity index (χ4v) is 4.20. The van der Waals surface area contributed by atoms with Crippen molar-refractivity contribution in [3.63, 3.8) is 0 Å². The van der Waals surface area contributed by atoms with E-state index < -0.39 is 15.8 Å². The van der Waals surface area contributed by atoms with Crippen molar-refractivity contribution in [2.45, 2.75) is 13.0 Å². The summed E-state index contributed by atoms with van der Waals surface area (Å²) in [5.41, 5.74) is 1.52. The number of amides is 1. The van der Waals surface area contributed by atoms with Crippen LogP contribution < -0.4 is 5.32 Å². The Bertz CT molecular complexity index is 768. The second kappa shape index (κ2) is 5.92. The highest BCUT2D eigenvalue weighted by Gasteiger charge is 2.32. The highest BCUT2D eigenvalue weighted by molar-refractivity contribution is 7.91. The average Bonchev–Trinajstić information content (AvgIpc) is 3.12. The van der Waals surface area contributed by atoms with Crippen molar-refractivity contribution in [2.75, 3.05) is 11.5 Å². The van der Waals surface area contributed by atoms with Crippen LogP contribution in [0.3, 0.4) is 0 Å². The monoisotopic (exact) mass is 320 g/mol. The molecule has 1 aromatic carbocycles. The molecule has 1 aromatic heterocycles. The van der Waals surface area contributed by atoms with Gasteiger partial charge < -0.3 is 9.84 Å². The zero-order valence-electron chi connectivity index (χ0n) is 11.9. The Labute approximate surface area is 128 Å². The number of benzene rings is 1. The fourth-order valence-electron chi connectivity index (χ4n) is 2.46. The van der Waals surface area contributed by atoms with Crippen LogP contribution in [0.1, 0.15) is 12.1 Å². The molecule has 1 fully saturated rings. The first-order chi connectivity index (χ1) is 10.5. The minimum absolute atomic E-state index is 0.0626. The van der Waals surface area contributed by atoms with Crippen molar-refractivity contribution >= 4 is 15.7 Å². The van der Waals surface area contributed by atoms with Crippen LogP contribution in [0.4, 0.5) is 0 Å². The van der Waals surface area contributed by atoms with Crippen LogP contribution in [0.5, 0.6) is 0 Å². The first kappa shape index (κ1) is 14.8. The van der Waals surface area contributed by atoms with E-state index in [4.69, 9.17) is 4.52 Å². The zero-order valence-corrected chi connectivity index (χ0v) is 12.7. The number of carbonyl (C=O) groups excluding carboxylic acids is 1. The van der Waals surface area contributed by atoms with Crippen LogP contribution in [0.2, 0.25) is 0 Å². The molecule has 1 amide bonds. The quantitative estimate of drug-likeness (QED) is 0.919. The number of sulfone groups is 1. The third kappa shape index (κ3) is 3.36. The fraction of sp³-hybridized carbons (Fsp3) is 0.333. The number of aromatic nitrogens is 1. The molecule has 1 aliphatic rings. The summed E-state index contributed by atoms with van der Waals surface area (Å²) in [5, 5.41) is 6.63. The lowest BCUT2D eigenvalue weighted by Crippen LogP contribution is -2.31. The van der Waals surface area contributed by atoms with E-state index >= 15 is 0 Å². The van der Waals surface area contributed by atoms with Crippen molar-refractivity contribution in [3.8, 4) is 11.3 Å². The van der Waals surface area contributed by atoms with E-state index in [-0.39, 0.29) is 24.0 Å². The molecule has 2 heterocycles. The van der Waals surface area contributed by atoms with E-state index in [1.807, 2.05) is 30.3 Å². The van der Waals surface area contributed by atoms with Gasteiger partial charge in [-0.25, -0.2) is 8.42 Å². The number of nitrogens with one attached hydrogen (secondary N) is 1. The van der Waals surface area contributed by atoms with E-state index in [9.17, 15) is 13.2 Å². The maximum absolute atomic E-state index is 11.9. The van der Waals surface area contributed by atoms with E-state index in [1.165, 1.54) is 0 Å². The van der Waals surface area contributed by atoms with Gasteiger partial charge in [0.1, 0.15) is 5.69 Å². The maximum Gasteiger partial charge on any atom is 0.224 e. The summed E-state index contributed by atoms with van der Waals surface area (Å²) in [6.07, 6.45) is 0.391. The number of rotatable bonds is 4. The van der Waals surface area contributed by atoms with Gasteiger partial charge in [0.15, 0.2) is 15.6 Å². The molecule has 3 rings (SSSR count). The van der Waals surface area contributed by atoms with Crippen molar-refractivity contribution in [1.29, 1.82) is 0 Å². The molecule has 0 saturated carbocycles. The molecule has 6 nitrogen and oxygen atoms in total. The molecule has 0 spiro atoms. The Hall–Kier alpha value is -2.15. The van der Waals surface area contributed by atoms with Crippen LogP contribution in [0.25, 0.3) is 11.3 Å². The average molecular weight is 320 g/mol. The van der Waals surface area contributed by atoms with Crippen LogP contribution in [0, 0.1) is 5.92 Å². The lowest BCUT2D eigenvalue weighted by molar-refractivity contribution is -0.124. The summed E-state index contributed by atoms with van der Waals surface area (Å²) in [5.74, 6) is -0.0377. The smallest absolute Gasteiger partial charge is 0.224 e. The van der Waals surface area contributed by atoms with Crippen molar-refractivity contribution in [1.82, 2.24) is 10.5 Å². The van der Waals surface area contributed by atoms with Crippen LogP contribution in [-0.4, -0.2) is 31.0 Å². The molecule has 0 bridgehead atoms. The van der Waals surface area contributed by atoms with Gasteiger partial charge in [-0.1, -0.05) is 35.5 Å². The van der Waals surface area contributed by atoms with E-state index in [2.05, 4.69) is 10.5 Å². The third-order valence-electron chi connectivity index (χ3n) is 3.66. The Morgan fingerprint density at radius 2 is 2.09 bits per heavy atom. The topological polar surface area (TPSA) is 89.3 Å². The van der Waals surface area contributed by atoms with Gasteiger partial charge >= 0.3 is 0 Å². The van der Waals surface area contributed by atoms with Crippen LogP contribution in [0.15, 0.2) is 40.9 Å². The van der Waals surface area contributed by atoms with Gasteiger partial charge in [0, 0.05) is 11.6 Å². The maximum atomic E-state index is 11.9. The standard InChI is InChI=1S/C15H16N2O4S/c18-15(12-6-7-22(19,20)10-12)16-9-13-8-14(21-17-13)11-4-2-1-3-5-11/h1-5,8,12H,6-7,9-10H2,(H,16,18). The van der Waals surface area contributed by atoms with Crippen LogP contribution in [-0.2, 0) is 21.2 Å². The molecule has 116 valence electrons. The van der Waals surface area contributed by atoms with E-state index in [0.717, 1.165) is 5.56 Å². The predicted octanol–water partition coefficient (Wildman–Crippen LogP) is 1.39. The van der Waals surface area contributed by atoms with Gasteiger partial charge in [0.2, 0.25) is 5.91 Å². The lowest BCUT2D eigenvalue weighted by atomic mass is 10.1. The second-order valence-electron chi connectivity index (χ2n) is 5.37. The second-order valence-corrected chi connectivity index (χ2v) is 7.60. The lowest BCUT2D eigenvalue weighted by Gasteiger charge is -2.07. The minimum Gasteiger partial charge on any atom is -0.356 e. The molecular weight excluding hydrogens is 304 g/mol. The highest BCUT2D eigenvalue weighted by atomic mass is 32.2. The Balaban J connectivity index is 1.59. The summed E-state index contributed by atoms with van der Waals surface area (Å²) >= 11 is 0. The number of hydrogen-bond acceptors (Lipinski definition) is 5. The van der Waals surface area contributed by atoms with Crippen molar-refractivity contribution in [3.05, 3.63) is 42.1 Å². The van der Waals surface area contributed by atoms with Gasteiger partial charge in [-0.3, -0.25) is 4.79 Å². The SMILES string of the molecule is O=C(NCc1cc(-c2ccccc2)on1)C1CCS(=O)(=O)C1. The summed E-state index contributed by atoms with van der Waals surface area (Å²) in [7, 11) is -3.05. The molecule has 1 unspecified atom stereocenters. The molecule has 1 atom stereocenters. The zero-order chi connectivity index (χ0) is 15.6. The number of nitrogens with zero attached hydrogens (tertiary/aromatic N) is 1. The molecular formula is C15H16N2O4S. The highest BCUT2D eigenvalue weighted by Crippen LogP contribution is 2.20. The largest absolute Gasteiger partial charge is 0.356 e. The summed E-state index contributed by atoms with van der Waals surface area (Å²) in [4.78, 5) is 11.9. The first-order valence-corrected chi connectivity index (χ1v) is 8.85. The number of hydrogen-bond donors (Lipinski definition) is 1. The minimum atomic E-state index is -3.05. The molecule has 0 radical (unpaired) electrons. The molecule has 0 aliphatic carbocycles. The Morgan fingerprint density at radius 3 is 2.77 bits per heavy atom. The third-order valence-corrected chi connectivity index (χ3v) is 5.43. The predicted molar refractivity (Wildman–Crippen MR) is 80.5 cm³/mol. The number of carbonyl (C=O) groups is 1. The summed E-state index contributed by atoms with van der Waals surface area (Å²) in [6.45, 7) is 0.228. The van der Waals surface area contributed by atoms with Crippen molar-refractivity contribution < 1.29 is 17.7 Å². The Kier molecular flexibility index (Phi) is 3.98. The molecule has 22 heavy (non-hydrogen) atoms. The molecule has 7 heteroatoms. The first-order valence-electron chi connectivity index (χ1n) is 7.03. The van der Waals surface area contributed by atoms with Gasteiger partial charge in [-0.15, -0.1) is 0 Å². The van der Waals surface area contributed by atoms with E-state index in [1.54, 1.807) is 6.07 Å².